The number of hydrogen-bond acceptors (Lipinski definition) is 3. The highest BCUT2D eigenvalue weighted by molar-refractivity contribution is 6.08. The zero-order valence-corrected chi connectivity index (χ0v) is 19.3. The van der Waals surface area contributed by atoms with E-state index in [2.05, 4.69) is 97.1 Å². The van der Waals surface area contributed by atoms with Crippen LogP contribution in [0.15, 0.2) is 83.3 Å². The first-order chi connectivity index (χ1) is 15.9. The molecule has 4 heteroatoms. The summed E-state index contributed by atoms with van der Waals surface area (Å²) in [4.78, 5) is 9.77. The Morgan fingerprint density at radius 2 is 1.61 bits per heavy atom. The molecule has 6 aromatic rings. The van der Waals surface area contributed by atoms with Crippen molar-refractivity contribution < 1.29 is 4.42 Å². The van der Waals surface area contributed by atoms with Gasteiger partial charge in [0.2, 0.25) is 5.71 Å². The Bertz CT molecular complexity index is 1650. The molecule has 0 saturated carbocycles. The lowest BCUT2D eigenvalue weighted by molar-refractivity contribution is 0.591. The van der Waals surface area contributed by atoms with E-state index in [1.807, 2.05) is 19.1 Å². The third-order valence-electron chi connectivity index (χ3n) is 6.28. The molecule has 0 unspecified atom stereocenters. The predicted molar refractivity (Wildman–Crippen MR) is 135 cm³/mol. The first-order valence-corrected chi connectivity index (χ1v) is 11.3. The number of aryl methyl sites for hydroxylation is 1. The zero-order valence-electron chi connectivity index (χ0n) is 19.3. The van der Waals surface area contributed by atoms with Gasteiger partial charge in [0.15, 0.2) is 0 Å². The molecular weight excluding hydrogens is 406 g/mol. The number of imidazole rings is 1. The number of hydrogen-bond donors (Lipinski definition) is 0. The van der Waals surface area contributed by atoms with Crippen LogP contribution < -0.4 is 0 Å². The molecule has 0 aliphatic heterocycles. The maximum Gasteiger partial charge on any atom is 0.227 e. The maximum atomic E-state index is 6.32. The maximum absolute atomic E-state index is 6.32. The topological polar surface area (TPSA) is 43.9 Å². The van der Waals surface area contributed by atoms with Crippen LogP contribution in [0.25, 0.3) is 50.2 Å². The summed E-state index contributed by atoms with van der Waals surface area (Å²) in [6.45, 7) is 8.67. The number of benzene rings is 3. The van der Waals surface area contributed by atoms with Gasteiger partial charge in [-0.1, -0.05) is 57.2 Å². The summed E-state index contributed by atoms with van der Waals surface area (Å²) in [7, 11) is 0. The molecule has 0 N–H and O–H groups in total. The quantitative estimate of drug-likeness (QED) is 0.284. The highest BCUT2D eigenvalue weighted by Gasteiger charge is 2.21. The highest BCUT2D eigenvalue weighted by atomic mass is 16.3. The van der Waals surface area contributed by atoms with Gasteiger partial charge in [-0.25, -0.2) is 9.97 Å². The van der Waals surface area contributed by atoms with Gasteiger partial charge < -0.3 is 4.42 Å². The van der Waals surface area contributed by atoms with Crippen molar-refractivity contribution in [2.75, 3.05) is 0 Å². The van der Waals surface area contributed by atoms with Gasteiger partial charge >= 0.3 is 0 Å². The molecule has 33 heavy (non-hydrogen) atoms. The van der Waals surface area contributed by atoms with Crippen LogP contribution in [-0.4, -0.2) is 14.5 Å². The fourth-order valence-electron chi connectivity index (χ4n) is 4.51. The fourth-order valence-corrected chi connectivity index (χ4v) is 4.51. The number of rotatable bonds is 2. The lowest BCUT2D eigenvalue weighted by atomic mass is 9.87. The number of nitrogens with zero attached hydrogens (tertiary/aromatic N) is 3. The van der Waals surface area contributed by atoms with Crippen molar-refractivity contribution in [1.82, 2.24) is 14.5 Å². The lowest BCUT2D eigenvalue weighted by Crippen LogP contribution is -2.10. The van der Waals surface area contributed by atoms with E-state index in [1.165, 1.54) is 5.56 Å². The molecule has 0 spiro atoms. The largest absolute Gasteiger partial charge is 0.437 e. The first kappa shape index (κ1) is 19.7. The van der Waals surface area contributed by atoms with Crippen LogP contribution in [0.3, 0.4) is 0 Å². The molecule has 0 fully saturated rings. The summed E-state index contributed by atoms with van der Waals surface area (Å²) in [5.41, 5.74) is 7.81. The SMILES string of the molecule is Cc1ccc2c(n1)oc1c(-c3nc4cc(C(C)(C)C)ccc4n3-c3ccccc3)cccc12. The van der Waals surface area contributed by atoms with E-state index < -0.39 is 0 Å². The Morgan fingerprint density at radius 1 is 0.788 bits per heavy atom. The molecule has 162 valence electrons. The van der Waals surface area contributed by atoms with Crippen LogP contribution in [0, 0.1) is 6.92 Å². The van der Waals surface area contributed by atoms with E-state index >= 15 is 0 Å². The van der Waals surface area contributed by atoms with Crippen molar-refractivity contribution >= 4 is 33.1 Å². The molecule has 3 heterocycles. The van der Waals surface area contributed by atoms with E-state index in [0.29, 0.717) is 5.71 Å². The van der Waals surface area contributed by atoms with Gasteiger partial charge in [0.1, 0.15) is 11.4 Å². The van der Waals surface area contributed by atoms with Crippen molar-refractivity contribution in [2.45, 2.75) is 33.1 Å². The van der Waals surface area contributed by atoms with Crippen LogP contribution in [0.4, 0.5) is 0 Å². The average molecular weight is 432 g/mol. The monoisotopic (exact) mass is 431 g/mol. The second-order valence-corrected chi connectivity index (χ2v) is 9.65. The van der Waals surface area contributed by atoms with Gasteiger partial charge in [-0.05, 0) is 60.4 Å². The van der Waals surface area contributed by atoms with Crippen LogP contribution in [0.2, 0.25) is 0 Å². The molecule has 3 aromatic heterocycles. The minimum atomic E-state index is 0.0488. The Balaban J connectivity index is 1.70. The second kappa shape index (κ2) is 7.04. The summed E-state index contributed by atoms with van der Waals surface area (Å²) < 4.78 is 8.54. The van der Waals surface area contributed by atoms with Crippen LogP contribution in [0.1, 0.15) is 32.0 Å². The summed E-state index contributed by atoms with van der Waals surface area (Å²) in [5.74, 6) is 0.864. The first-order valence-electron chi connectivity index (χ1n) is 11.3. The Kier molecular flexibility index (Phi) is 4.21. The van der Waals surface area contributed by atoms with Crippen molar-refractivity contribution in [3.63, 3.8) is 0 Å². The molecule has 4 nitrogen and oxygen atoms in total. The van der Waals surface area contributed by atoms with Gasteiger partial charge in [0, 0.05) is 22.2 Å². The van der Waals surface area contributed by atoms with E-state index in [4.69, 9.17) is 9.40 Å². The van der Waals surface area contributed by atoms with Gasteiger partial charge in [0.25, 0.3) is 0 Å². The number of para-hydroxylation sites is 2. The summed E-state index contributed by atoms with van der Waals surface area (Å²) in [6, 6.07) is 27.4. The van der Waals surface area contributed by atoms with E-state index in [1.54, 1.807) is 0 Å². The molecule has 6 rings (SSSR count). The van der Waals surface area contributed by atoms with E-state index in [9.17, 15) is 0 Å². The molecular formula is C29H25N3O. The lowest BCUT2D eigenvalue weighted by Gasteiger charge is -2.18. The van der Waals surface area contributed by atoms with Crippen molar-refractivity contribution in [3.05, 3.63) is 90.1 Å². The third-order valence-corrected chi connectivity index (χ3v) is 6.28. The van der Waals surface area contributed by atoms with Crippen LogP contribution in [0.5, 0.6) is 0 Å². The van der Waals surface area contributed by atoms with Gasteiger partial charge in [-0.3, -0.25) is 4.57 Å². The molecule has 3 aromatic carbocycles. The fraction of sp³-hybridized carbons (Fsp3) is 0.172. The minimum absolute atomic E-state index is 0.0488. The summed E-state index contributed by atoms with van der Waals surface area (Å²) in [6.07, 6.45) is 0. The highest BCUT2D eigenvalue weighted by Crippen LogP contribution is 2.38. The van der Waals surface area contributed by atoms with Gasteiger partial charge in [-0.2, -0.15) is 0 Å². The standard InChI is InChI=1S/C29H25N3O/c1-18-13-15-22-21-11-8-12-23(26(21)33-28(22)30-18)27-31-24-17-19(29(2,3)4)14-16-25(24)32(27)20-9-6-5-7-10-20/h5-17H,1-4H3. The summed E-state index contributed by atoms with van der Waals surface area (Å²) >= 11 is 0. The van der Waals surface area contributed by atoms with Crippen molar-refractivity contribution in [2.24, 2.45) is 0 Å². The Morgan fingerprint density at radius 3 is 2.39 bits per heavy atom. The normalized spacial score (nSPS) is 12.2. The molecule has 0 bridgehead atoms. The smallest absolute Gasteiger partial charge is 0.227 e. The van der Waals surface area contributed by atoms with Crippen molar-refractivity contribution in [3.8, 4) is 17.1 Å². The van der Waals surface area contributed by atoms with E-state index in [-0.39, 0.29) is 5.41 Å². The predicted octanol–water partition coefficient (Wildman–Crippen LogP) is 7.59. The number of furan rings is 1. The summed E-state index contributed by atoms with van der Waals surface area (Å²) in [5, 5.41) is 2.08. The average Bonchev–Trinajstić information content (AvgIpc) is 3.36. The molecule has 0 aliphatic carbocycles. The zero-order chi connectivity index (χ0) is 22.7. The number of pyridine rings is 1. The number of aromatic nitrogens is 3. The molecule has 0 amide bonds. The van der Waals surface area contributed by atoms with Crippen LogP contribution in [-0.2, 0) is 5.41 Å². The molecule has 0 aliphatic rings. The minimum Gasteiger partial charge on any atom is -0.437 e. The third kappa shape index (κ3) is 3.13. The molecule has 0 saturated heterocycles. The van der Waals surface area contributed by atoms with Crippen LogP contribution >= 0.6 is 0 Å². The Hall–Kier alpha value is -3.92. The van der Waals surface area contributed by atoms with Gasteiger partial charge in [-0.15, -0.1) is 0 Å². The van der Waals surface area contributed by atoms with Gasteiger partial charge in [0.05, 0.1) is 16.6 Å². The number of fused-ring (bicyclic) bond motifs is 4. The Labute approximate surface area is 192 Å². The molecule has 0 radical (unpaired) electrons. The van der Waals surface area contributed by atoms with E-state index in [0.717, 1.165) is 50.2 Å². The van der Waals surface area contributed by atoms with Crippen molar-refractivity contribution in [1.29, 1.82) is 0 Å². The molecule has 0 atom stereocenters. The second-order valence-electron chi connectivity index (χ2n) is 9.65.